The van der Waals surface area contributed by atoms with Crippen LogP contribution in [0.4, 0.5) is 13.2 Å². The Balaban J connectivity index is 2.97. The van der Waals surface area contributed by atoms with Crippen molar-refractivity contribution in [2.75, 3.05) is 0 Å². The molecule has 1 aromatic rings. The molecule has 0 heterocycles. The zero-order valence-corrected chi connectivity index (χ0v) is 9.76. The number of ether oxygens (including phenoxy) is 1. The van der Waals surface area contributed by atoms with Crippen molar-refractivity contribution in [2.24, 2.45) is 0 Å². The minimum Gasteiger partial charge on any atom is -0.480 e. The van der Waals surface area contributed by atoms with E-state index in [1.807, 2.05) is 0 Å². The fraction of sp³-hybridized carbons (Fsp3) is 0.300. The fourth-order valence-electron chi connectivity index (χ4n) is 0.943. The van der Waals surface area contributed by atoms with Crippen molar-refractivity contribution in [2.45, 2.75) is 19.2 Å². The van der Waals surface area contributed by atoms with Crippen LogP contribution in [0.25, 0.3) is 0 Å². The molecule has 0 aliphatic carbocycles. The molecule has 0 N–H and O–H groups in total. The lowest BCUT2D eigenvalue weighted by Gasteiger charge is -2.18. The van der Waals surface area contributed by atoms with Crippen LogP contribution in [-0.4, -0.2) is 12.3 Å². The van der Waals surface area contributed by atoms with Gasteiger partial charge in [0.2, 0.25) is 0 Å². The van der Waals surface area contributed by atoms with Crippen LogP contribution in [0.15, 0.2) is 22.7 Å². The van der Waals surface area contributed by atoms with Crippen molar-refractivity contribution in [1.82, 2.24) is 0 Å². The van der Waals surface area contributed by atoms with Gasteiger partial charge < -0.3 is 4.74 Å². The summed E-state index contributed by atoms with van der Waals surface area (Å²) in [7, 11) is 0. The lowest BCUT2D eigenvalue weighted by Crippen LogP contribution is -2.31. The average molecular weight is 294 g/mol. The zero-order chi connectivity index (χ0) is 12.3. The van der Waals surface area contributed by atoms with Crippen LogP contribution >= 0.6 is 15.9 Å². The van der Waals surface area contributed by atoms with E-state index in [2.05, 4.69) is 15.9 Å². The van der Waals surface area contributed by atoms with E-state index in [0.717, 1.165) is 6.92 Å². The maximum absolute atomic E-state index is 12.3. The molecule has 1 aromatic carbocycles. The highest BCUT2D eigenvalue weighted by molar-refractivity contribution is 9.10. The van der Waals surface area contributed by atoms with E-state index in [1.165, 1.54) is 12.1 Å². The summed E-state index contributed by atoms with van der Waals surface area (Å²) in [4.78, 5) is 0. The molecular weight excluding hydrogens is 287 g/mol. The second-order valence-electron chi connectivity index (χ2n) is 3.05. The summed E-state index contributed by atoms with van der Waals surface area (Å²) in [6.07, 6.45) is -6.40. The van der Waals surface area contributed by atoms with Crippen molar-refractivity contribution in [3.63, 3.8) is 0 Å². The number of nitrogens with zero attached hydrogens (tertiary/aromatic N) is 1. The summed E-state index contributed by atoms with van der Waals surface area (Å²) < 4.78 is 42.0. The standard InChI is InChI=1S/C10H7BrF3NO/c1-6(10(12,13)14)16-9-4-8(11)3-2-7(9)5-15/h2-4,6H,1H3. The molecule has 0 aromatic heterocycles. The van der Waals surface area contributed by atoms with Gasteiger partial charge in [-0.1, -0.05) is 15.9 Å². The molecule has 0 saturated heterocycles. The van der Waals surface area contributed by atoms with E-state index >= 15 is 0 Å². The first-order valence-electron chi connectivity index (χ1n) is 4.27. The Morgan fingerprint density at radius 3 is 2.56 bits per heavy atom. The molecule has 16 heavy (non-hydrogen) atoms. The van der Waals surface area contributed by atoms with Gasteiger partial charge in [0.1, 0.15) is 11.8 Å². The summed E-state index contributed by atoms with van der Waals surface area (Å²) in [5.41, 5.74) is 0.0688. The maximum Gasteiger partial charge on any atom is 0.425 e. The number of hydrogen-bond acceptors (Lipinski definition) is 2. The van der Waals surface area contributed by atoms with E-state index in [0.29, 0.717) is 4.47 Å². The van der Waals surface area contributed by atoms with Crippen LogP contribution in [0.5, 0.6) is 5.75 Å². The fourth-order valence-corrected chi connectivity index (χ4v) is 1.28. The number of alkyl halides is 3. The molecule has 1 rings (SSSR count). The third-order valence-electron chi connectivity index (χ3n) is 1.83. The highest BCUT2D eigenvalue weighted by Gasteiger charge is 2.38. The Bertz CT molecular complexity index is 425. The van der Waals surface area contributed by atoms with E-state index in [-0.39, 0.29) is 11.3 Å². The first-order chi connectivity index (χ1) is 7.34. The zero-order valence-electron chi connectivity index (χ0n) is 8.18. The molecular formula is C10H7BrF3NO. The second kappa shape index (κ2) is 4.74. The van der Waals surface area contributed by atoms with Gasteiger partial charge >= 0.3 is 6.18 Å². The molecule has 6 heteroatoms. The Hall–Kier alpha value is -1.22. The van der Waals surface area contributed by atoms with Gasteiger partial charge in [-0.25, -0.2) is 0 Å². The van der Waals surface area contributed by atoms with Crippen LogP contribution in [0.1, 0.15) is 12.5 Å². The van der Waals surface area contributed by atoms with Gasteiger partial charge in [-0.15, -0.1) is 0 Å². The molecule has 86 valence electrons. The van der Waals surface area contributed by atoms with Crippen LogP contribution < -0.4 is 4.74 Å². The van der Waals surface area contributed by atoms with Crippen molar-refractivity contribution in [1.29, 1.82) is 5.26 Å². The van der Waals surface area contributed by atoms with E-state index in [1.54, 1.807) is 12.1 Å². The average Bonchev–Trinajstić information content (AvgIpc) is 2.16. The van der Waals surface area contributed by atoms with Crippen molar-refractivity contribution in [3.8, 4) is 11.8 Å². The number of halogens is 4. The monoisotopic (exact) mass is 293 g/mol. The van der Waals surface area contributed by atoms with Crippen molar-refractivity contribution >= 4 is 15.9 Å². The van der Waals surface area contributed by atoms with E-state index < -0.39 is 12.3 Å². The Labute approximate surface area is 98.8 Å². The van der Waals surface area contributed by atoms with Gasteiger partial charge in [-0.05, 0) is 25.1 Å². The number of hydrogen-bond donors (Lipinski definition) is 0. The molecule has 2 nitrogen and oxygen atoms in total. The molecule has 0 radical (unpaired) electrons. The third kappa shape index (κ3) is 3.14. The number of rotatable bonds is 2. The van der Waals surface area contributed by atoms with E-state index in [9.17, 15) is 13.2 Å². The predicted molar refractivity (Wildman–Crippen MR) is 55.0 cm³/mol. The summed E-state index contributed by atoms with van der Waals surface area (Å²) >= 11 is 3.10. The first-order valence-corrected chi connectivity index (χ1v) is 5.07. The summed E-state index contributed by atoms with van der Waals surface area (Å²) in [6.45, 7) is 0.891. The van der Waals surface area contributed by atoms with Crippen LogP contribution in [0, 0.1) is 11.3 Å². The maximum atomic E-state index is 12.3. The molecule has 0 bridgehead atoms. The number of benzene rings is 1. The first kappa shape index (κ1) is 12.8. The highest BCUT2D eigenvalue weighted by atomic mass is 79.9. The highest BCUT2D eigenvalue weighted by Crippen LogP contribution is 2.28. The largest absolute Gasteiger partial charge is 0.480 e. The topological polar surface area (TPSA) is 33.0 Å². The lowest BCUT2D eigenvalue weighted by molar-refractivity contribution is -0.189. The molecule has 0 saturated carbocycles. The molecule has 0 spiro atoms. The Morgan fingerprint density at radius 1 is 1.44 bits per heavy atom. The Morgan fingerprint density at radius 2 is 2.06 bits per heavy atom. The molecule has 0 aliphatic heterocycles. The van der Waals surface area contributed by atoms with Gasteiger partial charge in [-0.2, -0.15) is 18.4 Å². The quantitative estimate of drug-likeness (QED) is 0.834. The molecule has 0 amide bonds. The van der Waals surface area contributed by atoms with Crippen molar-refractivity contribution in [3.05, 3.63) is 28.2 Å². The van der Waals surface area contributed by atoms with Crippen LogP contribution in [0.3, 0.4) is 0 Å². The van der Waals surface area contributed by atoms with Gasteiger partial charge in [0, 0.05) is 4.47 Å². The molecule has 1 atom stereocenters. The van der Waals surface area contributed by atoms with Gasteiger partial charge in [-0.3, -0.25) is 0 Å². The minimum absolute atomic E-state index is 0.0688. The van der Waals surface area contributed by atoms with Crippen LogP contribution in [0.2, 0.25) is 0 Å². The predicted octanol–water partition coefficient (Wildman–Crippen LogP) is 3.65. The summed E-state index contributed by atoms with van der Waals surface area (Å²) in [5, 5.41) is 8.70. The van der Waals surface area contributed by atoms with Crippen LogP contribution in [-0.2, 0) is 0 Å². The molecule has 0 aliphatic rings. The van der Waals surface area contributed by atoms with E-state index in [4.69, 9.17) is 10.00 Å². The minimum atomic E-state index is -4.45. The second-order valence-corrected chi connectivity index (χ2v) is 3.97. The van der Waals surface area contributed by atoms with Crippen molar-refractivity contribution < 1.29 is 17.9 Å². The van der Waals surface area contributed by atoms with Gasteiger partial charge in [0.15, 0.2) is 6.10 Å². The summed E-state index contributed by atoms with van der Waals surface area (Å²) in [5.74, 6) is -0.0818. The molecule has 1 unspecified atom stereocenters. The lowest BCUT2D eigenvalue weighted by atomic mass is 10.2. The van der Waals surface area contributed by atoms with Gasteiger partial charge in [0.25, 0.3) is 0 Å². The SMILES string of the molecule is CC(Oc1cc(Br)ccc1C#N)C(F)(F)F. The Kier molecular flexibility index (Phi) is 3.81. The normalized spacial score (nSPS) is 13.0. The van der Waals surface area contributed by atoms with Gasteiger partial charge in [0.05, 0.1) is 5.56 Å². The number of nitriles is 1. The smallest absolute Gasteiger partial charge is 0.425 e. The summed E-state index contributed by atoms with van der Waals surface area (Å²) in [6, 6.07) is 6.05. The third-order valence-corrected chi connectivity index (χ3v) is 2.32. The molecule has 0 fully saturated rings.